The van der Waals surface area contributed by atoms with Gasteiger partial charge in [0.2, 0.25) is 0 Å². The number of nitrogens with one attached hydrogen (secondary N) is 1. The first-order chi connectivity index (χ1) is 12.8. The molecule has 0 aromatic heterocycles. The summed E-state index contributed by atoms with van der Waals surface area (Å²) in [6, 6.07) is 7.37. The molecule has 0 aliphatic carbocycles. The standard InChI is InChI=1S/C18H15ClF2N2O4/c19-12-4-2-1-3-11(12)15(23-18(22)26)8-17(25)27-9-16(24)10-5-6-13(20)14(21)7-10/h1-7,15H,8-9H2,(H3,22,23,26)/t15-/m0/s1. The van der Waals surface area contributed by atoms with Gasteiger partial charge in [-0.1, -0.05) is 29.8 Å². The molecule has 1 atom stereocenters. The van der Waals surface area contributed by atoms with Crippen molar-refractivity contribution in [3.8, 4) is 0 Å². The summed E-state index contributed by atoms with van der Waals surface area (Å²) in [4.78, 5) is 35.1. The van der Waals surface area contributed by atoms with Gasteiger partial charge in [0, 0.05) is 10.6 Å². The normalized spacial score (nSPS) is 11.5. The van der Waals surface area contributed by atoms with Crippen LogP contribution >= 0.6 is 11.6 Å². The molecule has 0 aliphatic rings. The van der Waals surface area contributed by atoms with E-state index in [9.17, 15) is 23.2 Å². The molecule has 142 valence electrons. The Bertz CT molecular complexity index is 876. The molecule has 0 unspecified atom stereocenters. The van der Waals surface area contributed by atoms with Crippen molar-refractivity contribution in [2.24, 2.45) is 5.73 Å². The number of hydrogen-bond acceptors (Lipinski definition) is 4. The molecule has 0 saturated heterocycles. The van der Waals surface area contributed by atoms with Gasteiger partial charge in [0.05, 0.1) is 12.5 Å². The molecule has 2 amide bonds. The number of benzene rings is 2. The second kappa shape index (κ2) is 9.09. The zero-order valence-electron chi connectivity index (χ0n) is 13.9. The highest BCUT2D eigenvalue weighted by atomic mass is 35.5. The minimum absolute atomic E-state index is 0.139. The van der Waals surface area contributed by atoms with E-state index in [1.54, 1.807) is 24.3 Å². The van der Waals surface area contributed by atoms with Gasteiger partial charge in [0.25, 0.3) is 0 Å². The Morgan fingerprint density at radius 3 is 2.44 bits per heavy atom. The fourth-order valence-corrected chi connectivity index (χ4v) is 2.56. The predicted octanol–water partition coefficient (Wildman–Crippen LogP) is 3.14. The summed E-state index contributed by atoms with van der Waals surface area (Å²) in [6.45, 7) is -0.671. The number of amides is 2. The minimum atomic E-state index is -1.18. The van der Waals surface area contributed by atoms with Crippen LogP contribution in [0.4, 0.5) is 13.6 Å². The predicted molar refractivity (Wildman–Crippen MR) is 93.2 cm³/mol. The lowest BCUT2D eigenvalue weighted by Gasteiger charge is -2.18. The highest BCUT2D eigenvalue weighted by molar-refractivity contribution is 6.31. The fourth-order valence-electron chi connectivity index (χ4n) is 2.29. The quantitative estimate of drug-likeness (QED) is 0.554. The van der Waals surface area contributed by atoms with Crippen LogP contribution in [0.1, 0.15) is 28.4 Å². The highest BCUT2D eigenvalue weighted by Crippen LogP contribution is 2.25. The van der Waals surface area contributed by atoms with E-state index in [1.807, 2.05) is 0 Å². The Kier molecular flexibility index (Phi) is 6.84. The van der Waals surface area contributed by atoms with Crippen LogP contribution in [0.15, 0.2) is 42.5 Å². The highest BCUT2D eigenvalue weighted by Gasteiger charge is 2.21. The number of nitrogens with two attached hydrogens (primary N) is 1. The number of carbonyl (C=O) groups excluding carboxylic acids is 3. The fraction of sp³-hybridized carbons (Fsp3) is 0.167. The van der Waals surface area contributed by atoms with E-state index in [0.29, 0.717) is 16.7 Å². The maximum Gasteiger partial charge on any atom is 0.312 e. The van der Waals surface area contributed by atoms with Crippen molar-refractivity contribution in [1.29, 1.82) is 0 Å². The van der Waals surface area contributed by atoms with Gasteiger partial charge >= 0.3 is 12.0 Å². The topological polar surface area (TPSA) is 98.5 Å². The van der Waals surface area contributed by atoms with Crippen molar-refractivity contribution in [2.75, 3.05) is 6.61 Å². The number of ketones is 1. The Morgan fingerprint density at radius 2 is 1.81 bits per heavy atom. The molecular formula is C18H15ClF2N2O4. The molecule has 2 aromatic rings. The summed E-state index contributed by atoms with van der Waals surface area (Å²) in [5, 5.41) is 2.69. The van der Waals surface area contributed by atoms with E-state index in [4.69, 9.17) is 22.1 Å². The molecule has 0 spiro atoms. The molecule has 2 aromatic carbocycles. The van der Waals surface area contributed by atoms with Crippen LogP contribution in [0.2, 0.25) is 5.02 Å². The van der Waals surface area contributed by atoms with Gasteiger partial charge in [0.15, 0.2) is 24.0 Å². The summed E-state index contributed by atoms with van der Waals surface area (Å²) < 4.78 is 30.9. The summed E-state index contributed by atoms with van der Waals surface area (Å²) in [6.07, 6.45) is -0.336. The van der Waals surface area contributed by atoms with Crippen LogP contribution < -0.4 is 11.1 Å². The molecule has 0 aliphatic heterocycles. The molecule has 6 nitrogen and oxygen atoms in total. The molecule has 0 radical (unpaired) electrons. The summed E-state index contributed by atoms with van der Waals surface area (Å²) in [5.74, 6) is -3.80. The van der Waals surface area contributed by atoms with E-state index < -0.39 is 42.1 Å². The monoisotopic (exact) mass is 396 g/mol. The van der Waals surface area contributed by atoms with Gasteiger partial charge in [-0.3, -0.25) is 9.59 Å². The second-order valence-corrected chi connectivity index (χ2v) is 5.91. The van der Waals surface area contributed by atoms with E-state index in [2.05, 4.69) is 5.32 Å². The molecule has 0 fully saturated rings. The average Bonchev–Trinajstić information content (AvgIpc) is 2.61. The molecule has 27 heavy (non-hydrogen) atoms. The summed E-state index contributed by atoms with van der Waals surface area (Å²) >= 11 is 6.06. The lowest BCUT2D eigenvalue weighted by atomic mass is 10.0. The van der Waals surface area contributed by atoms with Crippen molar-refractivity contribution in [2.45, 2.75) is 12.5 Å². The SMILES string of the molecule is NC(=O)N[C@@H](CC(=O)OCC(=O)c1ccc(F)c(F)c1)c1ccccc1Cl. The van der Waals surface area contributed by atoms with Gasteiger partial charge < -0.3 is 15.8 Å². The molecule has 2 rings (SSSR count). The number of rotatable bonds is 7. The third-order valence-electron chi connectivity index (χ3n) is 3.57. The number of halogens is 3. The lowest BCUT2D eigenvalue weighted by molar-refractivity contribution is -0.143. The molecule has 0 saturated carbocycles. The number of urea groups is 1. The lowest BCUT2D eigenvalue weighted by Crippen LogP contribution is -2.35. The average molecular weight is 397 g/mol. The first-order valence-corrected chi connectivity index (χ1v) is 8.10. The van der Waals surface area contributed by atoms with Crippen molar-refractivity contribution in [3.63, 3.8) is 0 Å². The first kappa shape index (κ1) is 20.3. The Balaban J connectivity index is 2.01. The van der Waals surface area contributed by atoms with E-state index in [-0.39, 0.29) is 12.0 Å². The number of hydrogen-bond donors (Lipinski definition) is 2. The van der Waals surface area contributed by atoms with Gasteiger partial charge in [0.1, 0.15) is 0 Å². The van der Waals surface area contributed by atoms with Gasteiger partial charge in [-0.05, 0) is 29.8 Å². The van der Waals surface area contributed by atoms with E-state index in [1.165, 1.54) is 0 Å². The van der Waals surface area contributed by atoms with Gasteiger partial charge in [-0.2, -0.15) is 0 Å². The van der Waals surface area contributed by atoms with Crippen LogP contribution in [0.3, 0.4) is 0 Å². The summed E-state index contributed by atoms with van der Waals surface area (Å²) in [7, 11) is 0. The minimum Gasteiger partial charge on any atom is -0.457 e. The maximum atomic E-state index is 13.2. The summed E-state index contributed by atoms with van der Waals surface area (Å²) in [5.41, 5.74) is 5.42. The molecule has 0 heterocycles. The van der Waals surface area contributed by atoms with Crippen LogP contribution in [0.5, 0.6) is 0 Å². The number of primary amides is 1. The Hall–Kier alpha value is -3.00. The van der Waals surface area contributed by atoms with E-state index >= 15 is 0 Å². The molecule has 0 bridgehead atoms. The number of Topliss-reactive ketones (excluding diaryl/α,β-unsaturated/α-hetero) is 1. The number of carbonyl (C=O) groups is 3. The zero-order chi connectivity index (χ0) is 20.0. The maximum absolute atomic E-state index is 13.2. The van der Waals surface area contributed by atoms with Gasteiger partial charge in [-0.25, -0.2) is 13.6 Å². The first-order valence-electron chi connectivity index (χ1n) is 7.72. The van der Waals surface area contributed by atoms with Gasteiger partial charge in [-0.15, -0.1) is 0 Å². The van der Waals surface area contributed by atoms with Crippen LogP contribution in [-0.4, -0.2) is 24.4 Å². The van der Waals surface area contributed by atoms with Crippen LogP contribution in [-0.2, 0) is 9.53 Å². The number of ether oxygens (including phenoxy) is 1. The molecule has 3 N–H and O–H groups in total. The third-order valence-corrected chi connectivity index (χ3v) is 3.92. The third kappa shape index (κ3) is 5.75. The Morgan fingerprint density at radius 1 is 1.11 bits per heavy atom. The van der Waals surface area contributed by atoms with Crippen LogP contribution in [0.25, 0.3) is 0 Å². The zero-order valence-corrected chi connectivity index (χ0v) is 14.6. The van der Waals surface area contributed by atoms with Crippen molar-refractivity contribution < 1.29 is 27.9 Å². The van der Waals surface area contributed by atoms with Crippen molar-refractivity contribution >= 4 is 29.4 Å². The number of esters is 1. The van der Waals surface area contributed by atoms with E-state index in [0.717, 1.165) is 12.1 Å². The smallest absolute Gasteiger partial charge is 0.312 e. The second-order valence-electron chi connectivity index (χ2n) is 5.50. The molecule has 9 heteroatoms. The largest absolute Gasteiger partial charge is 0.457 e. The van der Waals surface area contributed by atoms with Crippen LogP contribution in [0, 0.1) is 11.6 Å². The Labute approximate surface area is 158 Å². The molecular weight excluding hydrogens is 382 g/mol. The van der Waals surface area contributed by atoms with Crippen molar-refractivity contribution in [1.82, 2.24) is 5.32 Å². The van der Waals surface area contributed by atoms with Crippen molar-refractivity contribution in [3.05, 3.63) is 70.2 Å².